The Morgan fingerprint density at radius 1 is 1.12 bits per heavy atom. The zero-order valence-corrected chi connectivity index (χ0v) is 15.2. The number of likely N-dealkylation sites (tertiary alicyclic amines) is 1. The molecule has 2 fully saturated rings. The molecule has 2 heterocycles. The molecular weight excluding hydrogens is 351 g/mol. The van der Waals surface area contributed by atoms with Gasteiger partial charge in [0.25, 0.3) is 0 Å². The van der Waals surface area contributed by atoms with Crippen molar-refractivity contribution >= 4 is 24.4 Å². The minimum Gasteiger partial charge on any atom is -0.331 e. The Hall–Kier alpha value is -2.17. The lowest BCUT2D eigenvalue weighted by atomic mass is 9.89. The van der Waals surface area contributed by atoms with E-state index in [-0.39, 0.29) is 30.2 Å². The van der Waals surface area contributed by atoms with Crippen LogP contribution in [0.15, 0.2) is 60.7 Å². The van der Waals surface area contributed by atoms with Crippen LogP contribution in [0.3, 0.4) is 0 Å². The van der Waals surface area contributed by atoms with E-state index in [1.807, 2.05) is 47.4 Å². The van der Waals surface area contributed by atoms with Crippen LogP contribution in [0.1, 0.15) is 17.2 Å². The van der Waals surface area contributed by atoms with E-state index in [1.165, 1.54) is 6.07 Å². The van der Waals surface area contributed by atoms with E-state index in [9.17, 15) is 9.18 Å². The summed E-state index contributed by atoms with van der Waals surface area (Å²) in [4.78, 5) is 14.8. The Morgan fingerprint density at radius 3 is 2.69 bits per heavy atom. The maximum Gasteiger partial charge on any atom is 0.247 e. The summed E-state index contributed by atoms with van der Waals surface area (Å²) in [6, 6.07) is 16.4. The SMILES string of the molecule is Cl.O=C(/C=C/c1ccccc1)N1C[C@@H]2CNC[C@@H]2[C@H]1c1cccc(F)c1. The highest BCUT2D eigenvalue weighted by Gasteiger charge is 2.46. The van der Waals surface area contributed by atoms with Crippen LogP contribution < -0.4 is 5.32 Å². The monoisotopic (exact) mass is 372 g/mol. The summed E-state index contributed by atoms with van der Waals surface area (Å²) in [5.41, 5.74) is 1.89. The van der Waals surface area contributed by atoms with E-state index < -0.39 is 0 Å². The van der Waals surface area contributed by atoms with Crippen molar-refractivity contribution in [3.8, 4) is 0 Å². The zero-order chi connectivity index (χ0) is 17.2. The number of fused-ring (bicyclic) bond motifs is 1. The molecule has 136 valence electrons. The van der Waals surface area contributed by atoms with Gasteiger partial charge in [0.15, 0.2) is 0 Å². The predicted molar refractivity (Wildman–Crippen MR) is 103 cm³/mol. The van der Waals surface area contributed by atoms with Crippen LogP contribution in [0.5, 0.6) is 0 Å². The first-order valence-corrected chi connectivity index (χ1v) is 8.72. The van der Waals surface area contributed by atoms with Crippen molar-refractivity contribution in [3.05, 3.63) is 77.6 Å². The molecule has 2 aliphatic rings. The first kappa shape index (κ1) is 18.6. The van der Waals surface area contributed by atoms with E-state index in [4.69, 9.17) is 0 Å². The van der Waals surface area contributed by atoms with Gasteiger partial charge in [-0.2, -0.15) is 0 Å². The van der Waals surface area contributed by atoms with Crippen LogP contribution in [0, 0.1) is 17.7 Å². The fraction of sp³-hybridized carbons (Fsp3) is 0.286. The van der Waals surface area contributed by atoms with Crippen LogP contribution in [-0.4, -0.2) is 30.4 Å². The van der Waals surface area contributed by atoms with Gasteiger partial charge < -0.3 is 10.2 Å². The number of rotatable bonds is 3. The molecule has 1 amide bonds. The summed E-state index contributed by atoms with van der Waals surface area (Å²) in [6.45, 7) is 2.51. The van der Waals surface area contributed by atoms with Gasteiger partial charge in [-0.1, -0.05) is 42.5 Å². The Balaban J connectivity index is 0.00000196. The average Bonchev–Trinajstić information content (AvgIpc) is 3.21. The van der Waals surface area contributed by atoms with Gasteiger partial charge in [-0.15, -0.1) is 12.4 Å². The maximum atomic E-state index is 13.7. The van der Waals surface area contributed by atoms with Gasteiger partial charge in [0.1, 0.15) is 5.82 Å². The van der Waals surface area contributed by atoms with Gasteiger partial charge >= 0.3 is 0 Å². The third kappa shape index (κ3) is 3.67. The molecule has 0 saturated carbocycles. The van der Waals surface area contributed by atoms with E-state index in [2.05, 4.69) is 5.32 Å². The normalized spacial score (nSPS) is 24.5. The topological polar surface area (TPSA) is 32.3 Å². The Bertz CT molecular complexity index is 796. The number of nitrogens with zero attached hydrogens (tertiary/aromatic N) is 1. The molecule has 3 atom stereocenters. The quantitative estimate of drug-likeness (QED) is 0.833. The molecule has 0 spiro atoms. The van der Waals surface area contributed by atoms with Crippen molar-refractivity contribution in [3.63, 3.8) is 0 Å². The molecule has 5 heteroatoms. The number of hydrogen-bond acceptors (Lipinski definition) is 2. The molecule has 2 aromatic carbocycles. The highest BCUT2D eigenvalue weighted by Crippen LogP contribution is 2.42. The molecule has 2 aliphatic heterocycles. The molecule has 2 aromatic rings. The van der Waals surface area contributed by atoms with Crippen molar-refractivity contribution in [2.24, 2.45) is 11.8 Å². The molecule has 0 radical (unpaired) electrons. The first-order valence-electron chi connectivity index (χ1n) is 8.72. The van der Waals surface area contributed by atoms with Gasteiger partial charge in [0.2, 0.25) is 5.91 Å². The number of halogens is 2. The van der Waals surface area contributed by atoms with Crippen molar-refractivity contribution < 1.29 is 9.18 Å². The van der Waals surface area contributed by atoms with E-state index in [0.29, 0.717) is 11.8 Å². The van der Waals surface area contributed by atoms with E-state index in [0.717, 1.165) is 30.8 Å². The highest BCUT2D eigenvalue weighted by atomic mass is 35.5. The molecule has 0 aliphatic carbocycles. The van der Waals surface area contributed by atoms with Crippen molar-refractivity contribution in [1.82, 2.24) is 10.2 Å². The molecule has 1 N–H and O–H groups in total. The minimum atomic E-state index is -0.251. The fourth-order valence-electron chi connectivity index (χ4n) is 4.09. The number of hydrogen-bond donors (Lipinski definition) is 1. The maximum absolute atomic E-state index is 13.7. The second-order valence-corrected chi connectivity index (χ2v) is 6.82. The third-order valence-corrected chi connectivity index (χ3v) is 5.26. The molecular formula is C21H22ClFN2O. The Labute approximate surface area is 159 Å². The smallest absolute Gasteiger partial charge is 0.247 e. The Morgan fingerprint density at radius 2 is 1.92 bits per heavy atom. The number of amides is 1. The largest absolute Gasteiger partial charge is 0.331 e. The third-order valence-electron chi connectivity index (χ3n) is 5.26. The number of carbonyl (C=O) groups excluding carboxylic acids is 1. The average molecular weight is 373 g/mol. The lowest BCUT2D eigenvalue weighted by molar-refractivity contribution is -0.127. The molecule has 0 bridgehead atoms. The lowest BCUT2D eigenvalue weighted by Gasteiger charge is -2.27. The highest BCUT2D eigenvalue weighted by molar-refractivity contribution is 5.92. The predicted octanol–water partition coefficient (Wildman–Crippen LogP) is 3.68. The van der Waals surface area contributed by atoms with Gasteiger partial charge in [0.05, 0.1) is 6.04 Å². The summed E-state index contributed by atoms with van der Waals surface area (Å²) in [7, 11) is 0. The van der Waals surface area contributed by atoms with Crippen molar-refractivity contribution in [1.29, 1.82) is 0 Å². The Kier molecular flexibility index (Phi) is 5.74. The summed E-state index contributed by atoms with van der Waals surface area (Å²) in [6.07, 6.45) is 3.48. The van der Waals surface area contributed by atoms with Gasteiger partial charge in [0, 0.05) is 31.6 Å². The summed E-state index contributed by atoms with van der Waals surface area (Å²) < 4.78 is 13.7. The van der Waals surface area contributed by atoms with Gasteiger partial charge in [-0.05, 0) is 35.3 Å². The molecule has 4 rings (SSSR count). The zero-order valence-electron chi connectivity index (χ0n) is 14.3. The summed E-state index contributed by atoms with van der Waals surface area (Å²) >= 11 is 0. The molecule has 0 unspecified atom stereocenters. The van der Waals surface area contributed by atoms with E-state index in [1.54, 1.807) is 18.2 Å². The van der Waals surface area contributed by atoms with Crippen LogP contribution in [-0.2, 0) is 4.79 Å². The summed E-state index contributed by atoms with van der Waals surface area (Å²) in [5.74, 6) is 0.518. The second-order valence-electron chi connectivity index (χ2n) is 6.82. The van der Waals surface area contributed by atoms with Crippen LogP contribution >= 0.6 is 12.4 Å². The van der Waals surface area contributed by atoms with Crippen molar-refractivity contribution in [2.45, 2.75) is 6.04 Å². The minimum absolute atomic E-state index is 0. The summed E-state index contributed by atoms with van der Waals surface area (Å²) in [5, 5.41) is 3.41. The second kappa shape index (κ2) is 8.02. The number of carbonyl (C=O) groups is 1. The molecule has 0 aromatic heterocycles. The molecule has 3 nitrogen and oxygen atoms in total. The van der Waals surface area contributed by atoms with Gasteiger partial charge in [-0.3, -0.25) is 4.79 Å². The number of nitrogens with one attached hydrogen (secondary N) is 1. The van der Waals surface area contributed by atoms with E-state index >= 15 is 0 Å². The van der Waals surface area contributed by atoms with Gasteiger partial charge in [-0.25, -0.2) is 4.39 Å². The molecule has 26 heavy (non-hydrogen) atoms. The first-order chi connectivity index (χ1) is 12.2. The van der Waals surface area contributed by atoms with Crippen molar-refractivity contribution in [2.75, 3.05) is 19.6 Å². The number of benzene rings is 2. The standard InChI is InChI=1S/C21H21FN2O.ClH/c22-18-8-4-7-16(11-18)21-19-13-23-12-17(19)14-24(21)20(25)10-9-15-5-2-1-3-6-15;/h1-11,17,19,21,23H,12-14H2;1H/b10-9+;/t17-,19-,21+;/m0./s1. The van der Waals surface area contributed by atoms with Crippen LogP contribution in [0.2, 0.25) is 0 Å². The van der Waals surface area contributed by atoms with Crippen LogP contribution in [0.4, 0.5) is 4.39 Å². The van der Waals surface area contributed by atoms with Crippen LogP contribution in [0.25, 0.3) is 6.08 Å². The lowest BCUT2D eigenvalue weighted by Crippen LogP contribution is -2.33. The molecule has 2 saturated heterocycles. The fourth-order valence-corrected chi connectivity index (χ4v) is 4.09.